The van der Waals surface area contributed by atoms with Gasteiger partial charge >= 0.3 is 0 Å². The molecule has 1 nitrogen and oxygen atoms in total. The van der Waals surface area contributed by atoms with Crippen LogP contribution in [0.5, 0.6) is 5.75 Å². The molecule has 12 heavy (non-hydrogen) atoms. The van der Waals surface area contributed by atoms with Crippen molar-refractivity contribution in [2.45, 2.75) is 17.2 Å². The van der Waals surface area contributed by atoms with E-state index in [1.807, 2.05) is 12.1 Å². The number of hydrogen-bond acceptors (Lipinski definition) is 1. The largest absolute Gasteiger partial charge is 0.497 e. The zero-order valence-electron chi connectivity index (χ0n) is 6.96. The van der Waals surface area contributed by atoms with Crippen molar-refractivity contribution in [1.82, 2.24) is 0 Å². The molecule has 0 amide bonds. The van der Waals surface area contributed by atoms with Crippen molar-refractivity contribution in [3.05, 3.63) is 29.8 Å². The Morgan fingerprint density at radius 1 is 1.33 bits per heavy atom. The first-order valence-corrected chi connectivity index (χ1v) is 5.01. The van der Waals surface area contributed by atoms with E-state index in [0.29, 0.717) is 4.83 Å². The van der Waals surface area contributed by atoms with Crippen LogP contribution in [0.4, 0.5) is 0 Å². The highest BCUT2D eigenvalue weighted by Crippen LogP contribution is 2.46. The standard InChI is InChI=1S/C10H11BrO/c1-12-8-4-2-7(3-5-8)9-6-10(9)11/h2-5,9-10H,6H2,1H3/t9-,10+/m0/s1. The summed E-state index contributed by atoms with van der Waals surface area (Å²) < 4.78 is 5.08. The van der Waals surface area contributed by atoms with E-state index in [4.69, 9.17) is 4.74 Å². The molecule has 1 saturated carbocycles. The van der Waals surface area contributed by atoms with E-state index in [2.05, 4.69) is 28.1 Å². The number of ether oxygens (including phenoxy) is 1. The molecule has 0 unspecified atom stereocenters. The Labute approximate surface area is 80.9 Å². The van der Waals surface area contributed by atoms with Crippen molar-refractivity contribution in [2.24, 2.45) is 0 Å². The van der Waals surface area contributed by atoms with Crippen molar-refractivity contribution >= 4 is 15.9 Å². The van der Waals surface area contributed by atoms with Crippen LogP contribution >= 0.6 is 15.9 Å². The maximum Gasteiger partial charge on any atom is 0.118 e. The van der Waals surface area contributed by atoms with E-state index >= 15 is 0 Å². The van der Waals surface area contributed by atoms with E-state index in [9.17, 15) is 0 Å². The normalized spacial score (nSPS) is 26.8. The quantitative estimate of drug-likeness (QED) is 0.706. The van der Waals surface area contributed by atoms with Gasteiger partial charge in [0, 0.05) is 4.83 Å². The van der Waals surface area contributed by atoms with Gasteiger partial charge in [-0.15, -0.1) is 0 Å². The molecule has 0 saturated heterocycles. The SMILES string of the molecule is COc1ccc([C@@H]2C[C@H]2Br)cc1. The first-order chi connectivity index (χ1) is 5.81. The molecule has 2 heteroatoms. The van der Waals surface area contributed by atoms with E-state index in [0.717, 1.165) is 11.7 Å². The first-order valence-electron chi connectivity index (χ1n) is 4.09. The Kier molecular flexibility index (Phi) is 2.09. The summed E-state index contributed by atoms with van der Waals surface area (Å²) in [5.41, 5.74) is 1.41. The number of rotatable bonds is 2. The van der Waals surface area contributed by atoms with Gasteiger partial charge in [0.05, 0.1) is 7.11 Å². The fourth-order valence-corrected chi connectivity index (χ4v) is 2.07. The summed E-state index contributed by atoms with van der Waals surface area (Å²) >= 11 is 3.59. The summed E-state index contributed by atoms with van der Waals surface area (Å²) in [7, 11) is 1.69. The number of halogens is 1. The minimum absolute atomic E-state index is 0.700. The lowest BCUT2D eigenvalue weighted by Crippen LogP contribution is -1.84. The van der Waals surface area contributed by atoms with Crippen LogP contribution in [0.1, 0.15) is 17.9 Å². The Morgan fingerprint density at radius 2 is 1.92 bits per heavy atom. The molecule has 0 radical (unpaired) electrons. The van der Waals surface area contributed by atoms with Gasteiger partial charge in [0.1, 0.15) is 5.75 Å². The predicted octanol–water partition coefficient (Wildman–Crippen LogP) is 2.95. The Morgan fingerprint density at radius 3 is 2.33 bits per heavy atom. The molecule has 1 aromatic carbocycles. The van der Waals surface area contributed by atoms with Crippen molar-refractivity contribution in [3.8, 4) is 5.75 Å². The summed E-state index contributed by atoms with van der Waals surface area (Å²) in [4.78, 5) is 0.700. The van der Waals surface area contributed by atoms with Gasteiger partial charge in [-0.25, -0.2) is 0 Å². The minimum Gasteiger partial charge on any atom is -0.497 e. The highest BCUT2D eigenvalue weighted by atomic mass is 79.9. The number of alkyl halides is 1. The highest BCUT2D eigenvalue weighted by molar-refractivity contribution is 9.09. The van der Waals surface area contributed by atoms with Crippen molar-refractivity contribution in [2.75, 3.05) is 7.11 Å². The molecular weight excluding hydrogens is 216 g/mol. The molecule has 0 N–H and O–H groups in total. The molecule has 1 aliphatic carbocycles. The molecule has 0 aliphatic heterocycles. The minimum atomic E-state index is 0.700. The van der Waals surface area contributed by atoms with Crippen molar-refractivity contribution in [1.29, 1.82) is 0 Å². The van der Waals surface area contributed by atoms with E-state index < -0.39 is 0 Å². The van der Waals surface area contributed by atoms with Crippen LogP contribution < -0.4 is 4.74 Å². The molecule has 2 atom stereocenters. The van der Waals surface area contributed by atoms with Gasteiger partial charge in [0.2, 0.25) is 0 Å². The lowest BCUT2D eigenvalue weighted by molar-refractivity contribution is 0.414. The fourth-order valence-electron chi connectivity index (χ4n) is 1.36. The second-order valence-electron chi connectivity index (χ2n) is 3.13. The van der Waals surface area contributed by atoms with Gasteiger partial charge in [-0.3, -0.25) is 0 Å². The maximum absolute atomic E-state index is 5.08. The van der Waals surface area contributed by atoms with Crippen LogP contribution in [0.3, 0.4) is 0 Å². The van der Waals surface area contributed by atoms with E-state index in [1.54, 1.807) is 7.11 Å². The topological polar surface area (TPSA) is 9.23 Å². The van der Waals surface area contributed by atoms with E-state index in [-0.39, 0.29) is 0 Å². The fraction of sp³-hybridized carbons (Fsp3) is 0.400. The molecule has 1 aromatic rings. The summed E-state index contributed by atoms with van der Waals surface area (Å²) in [5.74, 6) is 1.67. The number of benzene rings is 1. The van der Waals surface area contributed by atoms with Gasteiger partial charge in [-0.05, 0) is 30.0 Å². The van der Waals surface area contributed by atoms with Crippen molar-refractivity contribution in [3.63, 3.8) is 0 Å². The Bertz CT molecular complexity index is 268. The molecule has 0 aromatic heterocycles. The van der Waals surface area contributed by atoms with Crippen LogP contribution in [-0.4, -0.2) is 11.9 Å². The third-order valence-corrected chi connectivity index (χ3v) is 3.27. The zero-order chi connectivity index (χ0) is 8.55. The van der Waals surface area contributed by atoms with Crippen molar-refractivity contribution < 1.29 is 4.74 Å². The third-order valence-electron chi connectivity index (χ3n) is 2.26. The van der Waals surface area contributed by atoms with Crippen LogP contribution in [0.15, 0.2) is 24.3 Å². The number of methoxy groups -OCH3 is 1. The molecule has 1 aliphatic rings. The molecule has 0 heterocycles. The summed E-state index contributed by atoms with van der Waals surface area (Å²) in [6.07, 6.45) is 1.27. The first kappa shape index (κ1) is 8.11. The third kappa shape index (κ3) is 1.48. The van der Waals surface area contributed by atoms with Gasteiger partial charge in [-0.1, -0.05) is 28.1 Å². The predicted molar refractivity (Wildman–Crippen MR) is 53.1 cm³/mol. The van der Waals surface area contributed by atoms with Gasteiger partial charge in [0.15, 0.2) is 0 Å². The summed E-state index contributed by atoms with van der Waals surface area (Å²) in [5, 5.41) is 0. The van der Waals surface area contributed by atoms with Crippen LogP contribution in [0, 0.1) is 0 Å². The summed E-state index contributed by atoms with van der Waals surface area (Å²) in [6.45, 7) is 0. The second-order valence-corrected chi connectivity index (χ2v) is 4.31. The van der Waals surface area contributed by atoms with Gasteiger partial charge in [0.25, 0.3) is 0 Å². The van der Waals surface area contributed by atoms with Crippen LogP contribution in [0.2, 0.25) is 0 Å². The van der Waals surface area contributed by atoms with Gasteiger partial charge in [-0.2, -0.15) is 0 Å². The molecule has 1 fully saturated rings. The Balaban J connectivity index is 2.14. The highest BCUT2D eigenvalue weighted by Gasteiger charge is 2.35. The molecular formula is C10H11BrO. The lowest BCUT2D eigenvalue weighted by atomic mass is 10.1. The Hall–Kier alpha value is -0.500. The average Bonchev–Trinajstić information content (AvgIpc) is 2.83. The molecule has 64 valence electrons. The lowest BCUT2D eigenvalue weighted by Gasteiger charge is -2.00. The van der Waals surface area contributed by atoms with E-state index in [1.165, 1.54) is 12.0 Å². The monoisotopic (exact) mass is 226 g/mol. The van der Waals surface area contributed by atoms with Gasteiger partial charge < -0.3 is 4.74 Å². The second kappa shape index (κ2) is 3.09. The molecule has 0 bridgehead atoms. The van der Waals surface area contributed by atoms with Crippen LogP contribution in [-0.2, 0) is 0 Å². The van der Waals surface area contributed by atoms with Crippen LogP contribution in [0.25, 0.3) is 0 Å². The maximum atomic E-state index is 5.08. The molecule has 0 spiro atoms. The zero-order valence-corrected chi connectivity index (χ0v) is 8.54. The number of hydrogen-bond donors (Lipinski definition) is 0. The molecule has 2 rings (SSSR count). The average molecular weight is 227 g/mol. The smallest absolute Gasteiger partial charge is 0.118 e. The summed E-state index contributed by atoms with van der Waals surface area (Å²) in [6, 6.07) is 8.33.